The monoisotopic (exact) mass is 239 g/mol. The summed E-state index contributed by atoms with van der Waals surface area (Å²) < 4.78 is 1.24. The van der Waals surface area contributed by atoms with Gasteiger partial charge in [-0.2, -0.15) is 0 Å². The fourth-order valence-electron chi connectivity index (χ4n) is 2.57. The van der Waals surface area contributed by atoms with Crippen molar-refractivity contribution >= 4 is 0 Å². The Morgan fingerprint density at radius 1 is 1.19 bits per heavy atom. The first kappa shape index (κ1) is 13.5. The molecule has 1 atom stereocenters. The Bertz CT molecular complexity index is 337. The van der Waals surface area contributed by atoms with Gasteiger partial charge in [0.25, 0.3) is 0 Å². The van der Waals surface area contributed by atoms with Gasteiger partial charge in [-0.15, -0.1) is 0 Å². The van der Waals surface area contributed by atoms with Crippen LogP contribution >= 0.6 is 0 Å². The van der Waals surface area contributed by atoms with E-state index in [2.05, 4.69) is 38.2 Å². The quantitative estimate of drug-likeness (QED) is 0.652. The van der Waals surface area contributed by atoms with Gasteiger partial charge in [-0.05, 0) is 12.0 Å². The first-order valence-electron chi connectivity index (χ1n) is 6.14. The van der Waals surface area contributed by atoms with Gasteiger partial charge in [0.15, 0.2) is 0 Å². The van der Waals surface area contributed by atoms with Crippen molar-refractivity contribution in [2.24, 2.45) is 0 Å². The molecule has 0 radical (unpaired) electrons. The Labute approximate surface area is 105 Å². The molecule has 0 spiro atoms. The zero-order chi connectivity index (χ0) is 10.7. The number of fused-ring (bicyclic) bond motifs is 1. The molecule has 0 amide bonds. The topological polar surface area (TPSA) is 0 Å². The predicted octanol–water partition coefficient (Wildman–Crippen LogP) is -0.00660. The number of hydrogen-bond donors (Lipinski definition) is 0. The highest BCUT2D eigenvalue weighted by Gasteiger charge is 2.27. The molecule has 1 aromatic rings. The lowest BCUT2D eigenvalue weighted by Gasteiger charge is -2.38. The van der Waals surface area contributed by atoms with Crippen molar-refractivity contribution in [1.82, 2.24) is 0 Å². The summed E-state index contributed by atoms with van der Waals surface area (Å²) in [6.07, 6.45) is 3.94. The average Bonchev–Trinajstić information content (AvgIpc) is 2.26. The van der Waals surface area contributed by atoms with Crippen LogP contribution in [0.3, 0.4) is 0 Å². The molecule has 1 aliphatic rings. The predicted molar refractivity (Wildman–Crippen MR) is 64.7 cm³/mol. The van der Waals surface area contributed by atoms with Crippen LogP contribution in [-0.4, -0.2) is 24.6 Å². The van der Waals surface area contributed by atoms with Crippen LogP contribution in [0.4, 0.5) is 0 Å². The Morgan fingerprint density at radius 2 is 1.88 bits per heavy atom. The second kappa shape index (κ2) is 5.70. The number of unbranched alkanes of at least 4 members (excludes halogenated alkanes) is 1. The van der Waals surface area contributed by atoms with Gasteiger partial charge < -0.3 is 16.9 Å². The lowest BCUT2D eigenvalue weighted by atomic mass is 9.98. The van der Waals surface area contributed by atoms with E-state index in [1.165, 1.54) is 43.4 Å². The Hall–Kier alpha value is -0.530. The van der Waals surface area contributed by atoms with Crippen molar-refractivity contribution in [2.75, 3.05) is 20.1 Å². The van der Waals surface area contributed by atoms with Crippen LogP contribution in [0.1, 0.15) is 30.9 Å². The van der Waals surface area contributed by atoms with Crippen molar-refractivity contribution in [3.05, 3.63) is 35.4 Å². The molecule has 1 heterocycles. The molecule has 0 aliphatic carbocycles. The first-order valence-corrected chi connectivity index (χ1v) is 6.14. The molecule has 2 rings (SSSR count). The van der Waals surface area contributed by atoms with E-state index in [0.717, 1.165) is 0 Å². The van der Waals surface area contributed by atoms with E-state index in [0.29, 0.717) is 0 Å². The van der Waals surface area contributed by atoms with Crippen molar-refractivity contribution in [2.45, 2.75) is 32.7 Å². The number of hydrogen-bond acceptors (Lipinski definition) is 0. The average molecular weight is 240 g/mol. The smallest absolute Gasteiger partial charge is 0.104 e. The molecular weight excluding hydrogens is 218 g/mol. The number of halogens is 1. The van der Waals surface area contributed by atoms with E-state index in [1.54, 1.807) is 11.1 Å². The standard InChI is InChI=1S/C14H22N.ClH/c1-3-4-10-15(2)11-9-13-7-5-6-8-14(13)12-15;/h5-8H,3-4,9-12H2,1-2H3;1H/q+1;/p-1. The highest BCUT2D eigenvalue weighted by molar-refractivity contribution is 5.27. The highest BCUT2D eigenvalue weighted by Crippen LogP contribution is 2.23. The molecule has 1 unspecified atom stereocenters. The lowest BCUT2D eigenvalue weighted by Crippen LogP contribution is -3.00. The van der Waals surface area contributed by atoms with E-state index in [1.807, 2.05) is 0 Å². The summed E-state index contributed by atoms with van der Waals surface area (Å²) in [5, 5.41) is 0. The fraction of sp³-hybridized carbons (Fsp3) is 0.571. The molecule has 0 bridgehead atoms. The number of benzene rings is 1. The summed E-state index contributed by atoms with van der Waals surface area (Å²) in [4.78, 5) is 0. The molecule has 0 fully saturated rings. The van der Waals surface area contributed by atoms with Crippen molar-refractivity contribution < 1.29 is 16.9 Å². The fourth-order valence-corrected chi connectivity index (χ4v) is 2.57. The Kier molecular flexibility index (Phi) is 4.82. The van der Waals surface area contributed by atoms with Crippen molar-refractivity contribution in [3.8, 4) is 0 Å². The van der Waals surface area contributed by atoms with Gasteiger partial charge in [-0.25, -0.2) is 0 Å². The molecule has 1 aromatic carbocycles. The van der Waals surface area contributed by atoms with E-state index >= 15 is 0 Å². The second-order valence-corrected chi connectivity index (χ2v) is 5.10. The summed E-state index contributed by atoms with van der Waals surface area (Å²) in [5.41, 5.74) is 3.15. The van der Waals surface area contributed by atoms with Gasteiger partial charge in [0, 0.05) is 12.0 Å². The Balaban J connectivity index is 0.00000128. The number of rotatable bonds is 3. The van der Waals surface area contributed by atoms with Crippen molar-refractivity contribution in [1.29, 1.82) is 0 Å². The molecule has 0 saturated heterocycles. The number of nitrogens with zero attached hydrogens (tertiary/aromatic N) is 1. The molecule has 0 aromatic heterocycles. The SMILES string of the molecule is CCCC[N+]1(C)CCc2ccccc2C1.[Cl-]. The molecule has 1 aliphatic heterocycles. The third-order valence-corrected chi connectivity index (χ3v) is 3.64. The van der Waals surface area contributed by atoms with Gasteiger partial charge >= 0.3 is 0 Å². The third kappa shape index (κ3) is 2.99. The lowest BCUT2D eigenvalue weighted by molar-refractivity contribution is -0.924. The molecule has 0 saturated carbocycles. The first-order chi connectivity index (χ1) is 7.23. The normalized spacial score (nSPS) is 23.4. The van der Waals surface area contributed by atoms with Crippen LogP contribution in [0, 0.1) is 0 Å². The van der Waals surface area contributed by atoms with Crippen LogP contribution in [0.25, 0.3) is 0 Å². The van der Waals surface area contributed by atoms with Gasteiger partial charge in [0.2, 0.25) is 0 Å². The molecule has 2 heteroatoms. The zero-order valence-corrected chi connectivity index (χ0v) is 11.1. The van der Waals surface area contributed by atoms with Crippen LogP contribution in [0.5, 0.6) is 0 Å². The molecular formula is C14H22ClN. The van der Waals surface area contributed by atoms with E-state index < -0.39 is 0 Å². The van der Waals surface area contributed by atoms with Crippen LogP contribution in [0.15, 0.2) is 24.3 Å². The minimum absolute atomic E-state index is 0. The second-order valence-electron chi connectivity index (χ2n) is 5.10. The summed E-state index contributed by atoms with van der Waals surface area (Å²) in [5.74, 6) is 0. The molecule has 16 heavy (non-hydrogen) atoms. The summed E-state index contributed by atoms with van der Waals surface area (Å²) in [7, 11) is 2.41. The minimum atomic E-state index is 0. The van der Waals surface area contributed by atoms with Gasteiger partial charge in [0.05, 0.1) is 20.1 Å². The van der Waals surface area contributed by atoms with E-state index in [-0.39, 0.29) is 12.4 Å². The molecule has 1 nitrogen and oxygen atoms in total. The third-order valence-electron chi connectivity index (χ3n) is 3.64. The maximum atomic E-state index is 2.41. The Morgan fingerprint density at radius 3 is 2.56 bits per heavy atom. The molecule has 90 valence electrons. The van der Waals surface area contributed by atoms with Gasteiger partial charge in [-0.3, -0.25) is 0 Å². The maximum absolute atomic E-state index is 2.41. The van der Waals surface area contributed by atoms with E-state index in [9.17, 15) is 0 Å². The van der Waals surface area contributed by atoms with Gasteiger partial charge in [-0.1, -0.05) is 37.6 Å². The van der Waals surface area contributed by atoms with Gasteiger partial charge in [0.1, 0.15) is 6.54 Å². The summed E-state index contributed by atoms with van der Waals surface area (Å²) in [6, 6.07) is 8.93. The van der Waals surface area contributed by atoms with E-state index in [4.69, 9.17) is 0 Å². The maximum Gasteiger partial charge on any atom is 0.104 e. The van der Waals surface area contributed by atoms with Crippen LogP contribution in [-0.2, 0) is 13.0 Å². The minimum Gasteiger partial charge on any atom is -1.00 e. The summed E-state index contributed by atoms with van der Waals surface area (Å²) >= 11 is 0. The van der Waals surface area contributed by atoms with Crippen LogP contribution in [0.2, 0.25) is 0 Å². The number of quaternary nitrogens is 1. The number of likely N-dealkylation sites (N-methyl/N-ethyl adjacent to an activating group) is 1. The largest absolute Gasteiger partial charge is 1.00 e. The zero-order valence-electron chi connectivity index (χ0n) is 10.4. The highest BCUT2D eigenvalue weighted by atomic mass is 35.5. The van der Waals surface area contributed by atoms with Crippen molar-refractivity contribution in [3.63, 3.8) is 0 Å². The van der Waals surface area contributed by atoms with Crippen LogP contribution < -0.4 is 12.4 Å². The molecule has 0 N–H and O–H groups in total. The summed E-state index contributed by atoms with van der Waals surface area (Å²) in [6.45, 7) is 6.17.